The van der Waals surface area contributed by atoms with Gasteiger partial charge in [0, 0.05) is 11.0 Å². The van der Waals surface area contributed by atoms with Crippen molar-refractivity contribution in [2.45, 2.75) is 32.3 Å². The average molecular weight is 325 g/mol. The zero-order valence-electron chi connectivity index (χ0n) is 11.2. The molecule has 0 radical (unpaired) electrons. The Labute approximate surface area is 121 Å². The Kier molecular flexibility index (Phi) is 5.37. The minimum Gasteiger partial charge on any atom is -0.444 e. The average Bonchev–Trinajstić information content (AvgIpc) is 2.29. The normalized spacial score (nSPS) is 12.4. The number of nitrogens with one attached hydrogen (secondary N) is 1. The van der Waals surface area contributed by atoms with Gasteiger partial charge in [-0.1, -0.05) is 28.1 Å². The van der Waals surface area contributed by atoms with Crippen LogP contribution in [0.3, 0.4) is 0 Å². The maximum absolute atomic E-state index is 11.5. The van der Waals surface area contributed by atoms with E-state index in [-0.39, 0.29) is 12.5 Å². The van der Waals surface area contributed by atoms with Crippen molar-refractivity contribution < 1.29 is 9.53 Å². The van der Waals surface area contributed by atoms with Gasteiger partial charge in [0.2, 0.25) is 0 Å². The number of carbonyl (C=O) groups is 1. The fourth-order valence-corrected chi connectivity index (χ4v) is 1.70. The van der Waals surface area contributed by atoms with Crippen molar-refractivity contribution in [3.63, 3.8) is 0 Å². The van der Waals surface area contributed by atoms with Crippen molar-refractivity contribution in [1.29, 1.82) is 5.26 Å². The van der Waals surface area contributed by atoms with Crippen molar-refractivity contribution in [2.75, 3.05) is 6.54 Å². The topological polar surface area (TPSA) is 62.1 Å². The number of ether oxygens (including phenoxy) is 1. The molecule has 0 bridgehead atoms. The van der Waals surface area contributed by atoms with Crippen LogP contribution in [0.5, 0.6) is 0 Å². The Hall–Kier alpha value is -1.54. The number of hydrogen-bond acceptors (Lipinski definition) is 3. The molecule has 5 heteroatoms. The molecule has 0 saturated carbocycles. The molecule has 0 aromatic heterocycles. The van der Waals surface area contributed by atoms with E-state index in [4.69, 9.17) is 10.00 Å². The van der Waals surface area contributed by atoms with Crippen molar-refractivity contribution in [2.24, 2.45) is 0 Å². The molecule has 0 aliphatic rings. The molecule has 1 rings (SSSR count). The fourth-order valence-electron chi connectivity index (χ4n) is 1.43. The standard InChI is InChI=1S/C14H17BrN2O2/c1-14(2,3)19-13(18)17-9-11(8-16)10-4-6-12(15)7-5-10/h4-7,11H,9H2,1-3H3,(H,17,18). The number of carbonyl (C=O) groups excluding carboxylic acids is 1. The molecule has 0 fully saturated rings. The quantitative estimate of drug-likeness (QED) is 0.924. The summed E-state index contributed by atoms with van der Waals surface area (Å²) in [6.45, 7) is 5.61. The third-order valence-electron chi connectivity index (χ3n) is 2.28. The summed E-state index contributed by atoms with van der Waals surface area (Å²) in [5.74, 6) is -0.388. The molecule has 4 nitrogen and oxygen atoms in total. The van der Waals surface area contributed by atoms with E-state index in [0.29, 0.717) is 0 Å². The van der Waals surface area contributed by atoms with Crippen LogP contribution in [0.2, 0.25) is 0 Å². The molecule has 0 spiro atoms. The van der Waals surface area contributed by atoms with Gasteiger partial charge in [0.15, 0.2) is 0 Å². The van der Waals surface area contributed by atoms with Crippen LogP contribution in [0.1, 0.15) is 32.3 Å². The van der Waals surface area contributed by atoms with E-state index in [0.717, 1.165) is 10.0 Å². The number of benzene rings is 1. The number of nitriles is 1. The Balaban J connectivity index is 2.57. The minimum absolute atomic E-state index is 0.229. The molecule has 1 N–H and O–H groups in total. The number of halogens is 1. The lowest BCUT2D eigenvalue weighted by Gasteiger charge is -2.20. The van der Waals surface area contributed by atoms with Gasteiger partial charge in [-0.05, 0) is 38.5 Å². The molecule has 1 atom stereocenters. The summed E-state index contributed by atoms with van der Waals surface area (Å²) < 4.78 is 6.07. The maximum atomic E-state index is 11.5. The van der Waals surface area contributed by atoms with Crippen LogP contribution in [0.4, 0.5) is 4.79 Å². The number of rotatable bonds is 3. The summed E-state index contributed by atoms with van der Waals surface area (Å²) in [5, 5.41) is 11.7. The van der Waals surface area contributed by atoms with Gasteiger partial charge < -0.3 is 10.1 Å². The molecule has 0 saturated heterocycles. The van der Waals surface area contributed by atoms with E-state index in [1.165, 1.54) is 0 Å². The van der Waals surface area contributed by atoms with Gasteiger partial charge in [-0.2, -0.15) is 5.26 Å². The van der Waals surface area contributed by atoms with Crippen molar-refractivity contribution in [1.82, 2.24) is 5.32 Å². The third kappa shape index (κ3) is 5.75. The van der Waals surface area contributed by atoms with Gasteiger partial charge in [0.1, 0.15) is 5.60 Å². The lowest BCUT2D eigenvalue weighted by atomic mass is 10.0. The maximum Gasteiger partial charge on any atom is 0.407 e. The molecule has 1 unspecified atom stereocenters. The molecule has 0 aliphatic heterocycles. The lowest BCUT2D eigenvalue weighted by molar-refractivity contribution is 0.0527. The van der Waals surface area contributed by atoms with Crippen molar-refractivity contribution >= 4 is 22.0 Å². The number of amides is 1. The molecular weight excluding hydrogens is 308 g/mol. The summed E-state index contributed by atoms with van der Waals surface area (Å²) >= 11 is 3.34. The van der Waals surface area contributed by atoms with Crippen molar-refractivity contribution in [3.05, 3.63) is 34.3 Å². The van der Waals surface area contributed by atoms with E-state index in [2.05, 4.69) is 27.3 Å². The summed E-state index contributed by atoms with van der Waals surface area (Å²) in [6.07, 6.45) is -0.509. The molecule has 0 heterocycles. The van der Waals surface area contributed by atoms with E-state index in [1.54, 1.807) is 20.8 Å². The van der Waals surface area contributed by atoms with Crippen LogP contribution < -0.4 is 5.32 Å². The first-order chi connectivity index (χ1) is 8.81. The molecule has 1 amide bonds. The highest BCUT2D eigenvalue weighted by molar-refractivity contribution is 9.10. The monoisotopic (exact) mass is 324 g/mol. The Morgan fingerprint density at radius 3 is 2.47 bits per heavy atom. The van der Waals surface area contributed by atoms with Crippen LogP contribution in [0, 0.1) is 11.3 Å². The van der Waals surface area contributed by atoms with E-state index in [9.17, 15) is 4.79 Å². The molecular formula is C14H17BrN2O2. The molecule has 0 aliphatic carbocycles. The van der Waals surface area contributed by atoms with Crippen LogP contribution in [-0.2, 0) is 4.74 Å². The van der Waals surface area contributed by atoms with Gasteiger partial charge >= 0.3 is 6.09 Å². The Bertz CT molecular complexity index is 472. The van der Waals surface area contributed by atoms with Gasteiger partial charge in [0.25, 0.3) is 0 Å². The molecule has 1 aromatic carbocycles. The zero-order valence-corrected chi connectivity index (χ0v) is 12.8. The third-order valence-corrected chi connectivity index (χ3v) is 2.81. The lowest BCUT2D eigenvalue weighted by Crippen LogP contribution is -2.34. The zero-order chi connectivity index (χ0) is 14.5. The van der Waals surface area contributed by atoms with Crippen LogP contribution >= 0.6 is 15.9 Å². The van der Waals surface area contributed by atoms with Gasteiger partial charge in [0.05, 0.1) is 12.0 Å². The first kappa shape index (κ1) is 15.5. The second-order valence-electron chi connectivity index (χ2n) is 5.12. The van der Waals surface area contributed by atoms with Crippen LogP contribution in [-0.4, -0.2) is 18.2 Å². The second kappa shape index (κ2) is 6.58. The van der Waals surface area contributed by atoms with E-state index < -0.39 is 11.7 Å². The van der Waals surface area contributed by atoms with Gasteiger partial charge in [-0.25, -0.2) is 4.79 Å². The smallest absolute Gasteiger partial charge is 0.407 e. The van der Waals surface area contributed by atoms with E-state index >= 15 is 0 Å². The van der Waals surface area contributed by atoms with Gasteiger partial charge in [-0.3, -0.25) is 0 Å². The second-order valence-corrected chi connectivity index (χ2v) is 6.03. The first-order valence-electron chi connectivity index (χ1n) is 5.94. The summed E-state index contributed by atoms with van der Waals surface area (Å²) in [5.41, 5.74) is 0.325. The predicted molar refractivity (Wildman–Crippen MR) is 76.7 cm³/mol. The number of alkyl carbamates (subject to hydrolysis) is 1. The molecule has 102 valence electrons. The fraction of sp³-hybridized carbons (Fsp3) is 0.429. The Morgan fingerprint density at radius 1 is 1.42 bits per heavy atom. The molecule has 19 heavy (non-hydrogen) atoms. The van der Waals surface area contributed by atoms with E-state index in [1.807, 2.05) is 24.3 Å². The Morgan fingerprint density at radius 2 is 2.00 bits per heavy atom. The summed E-state index contributed by atoms with van der Waals surface area (Å²) in [6, 6.07) is 9.62. The SMILES string of the molecule is CC(C)(C)OC(=O)NCC(C#N)c1ccc(Br)cc1. The highest BCUT2D eigenvalue weighted by atomic mass is 79.9. The number of hydrogen-bond donors (Lipinski definition) is 1. The van der Waals surface area contributed by atoms with Gasteiger partial charge in [-0.15, -0.1) is 0 Å². The summed E-state index contributed by atoms with van der Waals surface area (Å²) in [4.78, 5) is 11.5. The van der Waals surface area contributed by atoms with Crippen LogP contribution in [0.25, 0.3) is 0 Å². The minimum atomic E-state index is -0.538. The molecule has 1 aromatic rings. The summed E-state index contributed by atoms with van der Waals surface area (Å²) in [7, 11) is 0. The van der Waals surface area contributed by atoms with Crippen molar-refractivity contribution in [3.8, 4) is 6.07 Å². The first-order valence-corrected chi connectivity index (χ1v) is 6.73. The highest BCUT2D eigenvalue weighted by Gasteiger charge is 2.18. The highest BCUT2D eigenvalue weighted by Crippen LogP contribution is 2.18. The predicted octanol–water partition coefficient (Wildman–Crippen LogP) is 3.58. The number of nitrogens with zero attached hydrogens (tertiary/aromatic N) is 1. The largest absolute Gasteiger partial charge is 0.444 e. The van der Waals surface area contributed by atoms with Crippen LogP contribution in [0.15, 0.2) is 28.7 Å².